The first kappa shape index (κ1) is 20.1. The molecule has 5 heteroatoms. The molecule has 4 heterocycles. The summed E-state index contributed by atoms with van der Waals surface area (Å²) in [6.07, 6.45) is 4.73. The van der Waals surface area contributed by atoms with E-state index in [2.05, 4.69) is 40.7 Å². The molecule has 5 nitrogen and oxygen atoms in total. The van der Waals surface area contributed by atoms with Crippen LogP contribution in [0.4, 0.5) is 0 Å². The molecule has 3 aromatic heterocycles. The fourth-order valence-electron chi connectivity index (χ4n) is 4.36. The number of hydrogen-bond donors (Lipinski definition) is 0. The summed E-state index contributed by atoms with van der Waals surface area (Å²) in [5.41, 5.74) is 7.66. The van der Waals surface area contributed by atoms with Crippen LogP contribution in [0.3, 0.4) is 0 Å². The normalized spacial score (nSPS) is 13.8. The van der Waals surface area contributed by atoms with E-state index >= 15 is 0 Å². The fraction of sp³-hybridized carbons (Fsp3) is 0.280. The Morgan fingerprint density at radius 3 is 2.57 bits per heavy atom. The van der Waals surface area contributed by atoms with Gasteiger partial charge in [0.2, 0.25) is 0 Å². The summed E-state index contributed by atoms with van der Waals surface area (Å²) in [6.45, 7) is 4.02. The Morgan fingerprint density at radius 2 is 1.83 bits per heavy atom. The van der Waals surface area contributed by atoms with Crippen molar-refractivity contribution < 1.29 is 0 Å². The molecule has 4 aromatic rings. The molecule has 0 saturated carbocycles. The van der Waals surface area contributed by atoms with Gasteiger partial charge in [-0.2, -0.15) is 0 Å². The number of aryl methyl sites for hydroxylation is 2. The molecule has 1 aromatic carbocycles. The van der Waals surface area contributed by atoms with Crippen molar-refractivity contribution in [1.29, 1.82) is 0 Å². The molecule has 0 aliphatic carbocycles. The minimum atomic E-state index is -0.0406. The standard InChI is InChI=1S/C24H24N4O.CH4/c1-16-4-5-18(14-25-16)17-8-11-28(24(29)12-17)19-6-7-20-21-15-26(2)10-9-22(21)27(3)23(20)13-19;/h4-8,11-14H,9-10,15H2,1-3H3;1H4. The Bertz CT molecular complexity index is 1280. The van der Waals surface area contributed by atoms with E-state index in [0.29, 0.717) is 0 Å². The molecule has 1 aliphatic heterocycles. The van der Waals surface area contributed by atoms with Gasteiger partial charge in [-0.05, 0) is 49.4 Å². The van der Waals surface area contributed by atoms with Crippen molar-refractivity contribution in [3.8, 4) is 16.8 Å². The molecule has 0 bridgehead atoms. The van der Waals surface area contributed by atoms with E-state index in [-0.39, 0.29) is 13.0 Å². The van der Waals surface area contributed by atoms with Gasteiger partial charge in [0, 0.05) is 67.4 Å². The highest BCUT2D eigenvalue weighted by Gasteiger charge is 2.21. The number of benzene rings is 1. The predicted octanol–water partition coefficient (Wildman–Crippen LogP) is 4.32. The number of fused-ring (bicyclic) bond motifs is 3. The average Bonchev–Trinajstić information content (AvgIpc) is 2.99. The molecule has 0 fully saturated rings. The summed E-state index contributed by atoms with van der Waals surface area (Å²) >= 11 is 0. The summed E-state index contributed by atoms with van der Waals surface area (Å²) in [5, 5.41) is 1.29. The predicted molar refractivity (Wildman–Crippen MR) is 123 cm³/mol. The van der Waals surface area contributed by atoms with Crippen molar-refractivity contribution in [3.05, 3.63) is 82.2 Å². The highest BCUT2D eigenvalue weighted by Crippen LogP contribution is 2.31. The lowest BCUT2D eigenvalue weighted by Gasteiger charge is -2.23. The van der Waals surface area contributed by atoms with Crippen molar-refractivity contribution in [1.82, 2.24) is 19.0 Å². The molecule has 0 saturated heterocycles. The zero-order valence-electron chi connectivity index (χ0n) is 17.0. The molecule has 154 valence electrons. The lowest BCUT2D eigenvalue weighted by molar-refractivity contribution is 0.310. The Kier molecular flexibility index (Phi) is 5.08. The van der Waals surface area contributed by atoms with E-state index in [1.807, 2.05) is 43.6 Å². The van der Waals surface area contributed by atoms with Crippen LogP contribution in [0.1, 0.15) is 24.4 Å². The molecule has 0 spiro atoms. The first-order chi connectivity index (χ1) is 14.0. The Morgan fingerprint density at radius 1 is 1.00 bits per heavy atom. The van der Waals surface area contributed by atoms with Gasteiger partial charge in [-0.3, -0.25) is 14.3 Å². The molecule has 0 amide bonds. The number of nitrogens with zero attached hydrogens (tertiary/aromatic N) is 4. The van der Waals surface area contributed by atoms with Gasteiger partial charge in [-0.15, -0.1) is 0 Å². The molecular formula is C25H28N4O. The first-order valence-corrected chi connectivity index (χ1v) is 9.96. The van der Waals surface area contributed by atoms with Gasteiger partial charge in [0.25, 0.3) is 5.56 Å². The largest absolute Gasteiger partial charge is 0.347 e. The maximum absolute atomic E-state index is 12.9. The zero-order chi connectivity index (χ0) is 20.1. The lowest BCUT2D eigenvalue weighted by atomic mass is 10.0. The first-order valence-electron chi connectivity index (χ1n) is 9.96. The van der Waals surface area contributed by atoms with Crippen LogP contribution in [0, 0.1) is 6.92 Å². The number of likely N-dealkylation sites (N-methyl/N-ethyl adjacent to an activating group) is 1. The van der Waals surface area contributed by atoms with Crippen molar-refractivity contribution in [3.63, 3.8) is 0 Å². The fourth-order valence-corrected chi connectivity index (χ4v) is 4.36. The summed E-state index contributed by atoms with van der Waals surface area (Å²) in [4.78, 5) is 19.6. The van der Waals surface area contributed by atoms with Gasteiger partial charge in [-0.25, -0.2) is 0 Å². The second-order valence-corrected chi connectivity index (χ2v) is 7.99. The quantitative estimate of drug-likeness (QED) is 0.503. The molecule has 30 heavy (non-hydrogen) atoms. The third kappa shape index (κ3) is 3.25. The number of pyridine rings is 2. The Balaban J connectivity index is 0.00000218. The van der Waals surface area contributed by atoms with Crippen molar-refractivity contribution in [2.24, 2.45) is 7.05 Å². The van der Waals surface area contributed by atoms with Crippen LogP contribution >= 0.6 is 0 Å². The SMILES string of the molecule is C.Cc1ccc(-c2ccn(-c3ccc4c5c(n(C)c4c3)CCN(C)C5)c(=O)c2)cn1. The molecule has 1 aliphatic rings. The third-order valence-electron chi connectivity index (χ3n) is 6.02. The third-order valence-corrected chi connectivity index (χ3v) is 6.02. The molecule has 0 atom stereocenters. The van der Waals surface area contributed by atoms with Crippen LogP contribution in [0.5, 0.6) is 0 Å². The van der Waals surface area contributed by atoms with Crippen LogP contribution in [0.25, 0.3) is 27.7 Å². The van der Waals surface area contributed by atoms with Gasteiger partial charge in [-0.1, -0.05) is 19.6 Å². The minimum absolute atomic E-state index is 0. The average molecular weight is 401 g/mol. The second-order valence-electron chi connectivity index (χ2n) is 7.99. The molecule has 5 rings (SSSR count). The van der Waals surface area contributed by atoms with Crippen LogP contribution in [-0.2, 0) is 20.0 Å². The molecule has 0 radical (unpaired) electrons. The van der Waals surface area contributed by atoms with Crippen molar-refractivity contribution in [2.75, 3.05) is 13.6 Å². The Hall–Kier alpha value is -3.18. The van der Waals surface area contributed by atoms with E-state index in [1.54, 1.807) is 10.6 Å². The number of aromatic nitrogens is 3. The van der Waals surface area contributed by atoms with E-state index < -0.39 is 0 Å². The zero-order valence-corrected chi connectivity index (χ0v) is 17.0. The lowest BCUT2D eigenvalue weighted by Crippen LogP contribution is -2.26. The monoisotopic (exact) mass is 400 g/mol. The van der Waals surface area contributed by atoms with Crippen molar-refractivity contribution >= 4 is 10.9 Å². The summed E-state index contributed by atoms with van der Waals surface area (Å²) in [5.74, 6) is 0. The topological polar surface area (TPSA) is 43.1 Å². The maximum Gasteiger partial charge on any atom is 0.255 e. The summed E-state index contributed by atoms with van der Waals surface area (Å²) in [6, 6.07) is 14.0. The van der Waals surface area contributed by atoms with Gasteiger partial charge < -0.3 is 9.47 Å². The number of rotatable bonds is 2. The summed E-state index contributed by atoms with van der Waals surface area (Å²) in [7, 11) is 4.30. The highest BCUT2D eigenvalue weighted by atomic mass is 16.1. The van der Waals surface area contributed by atoms with E-state index in [1.165, 1.54) is 22.2 Å². The van der Waals surface area contributed by atoms with E-state index in [4.69, 9.17) is 0 Å². The summed E-state index contributed by atoms with van der Waals surface area (Å²) < 4.78 is 4.00. The van der Waals surface area contributed by atoms with Crippen molar-refractivity contribution in [2.45, 2.75) is 27.3 Å². The maximum atomic E-state index is 12.9. The van der Waals surface area contributed by atoms with Crippen LogP contribution in [0.15, 0.2) is 59.7 Å². The van der Waals surface area contributed by atoms with Gasteiger partial charge in [0.15, 0.2) is 0 Å². The van der Waals surface area contributed by atoms with Gasteiger partial charge in [0.1, 0.15) is 0 Å². The molecular weight excluding hydrogens is 372 g/mol. The van der Waals surface area contributed by atoms with Crippen LogP contribution in [-0.4, -0.2) is 32.6 Å². The second kappa shape index (κ2) is 7.58. The highest BCUT2D eigenvalue weighted by molar-refractivity contribution is 5.87. The van der Waals surface area contributed by atoms with E-state index in [0.717, 1.165) is 42.0 Å². The molecule has 0 N–H and O–H groups in total. The Labute approximate surface area is 177 Å². The van der Waals surface area contributed by atoms with Gasteiger partial charge in [0.05, 0.1) is 11.2 Å². The minimum Gasteiger partial charge on any atom is -0.347 e. The van der Waals surface area contributed by atoms with Crippen LogP contribution in [0.2, 0.25) is 0 Å². The van der Waals surface area contributed by atoms with Crippen LogP contribution < -0.4 is 5.56 Å². The van der Waals surface area contributed by atoms with Gasteiger partial charge >= 0.3 is 0 Å². The van der Waals surface area contributed by atoms with E-state index in [9.17, 15) is 4.79 Å². The number of hydrogen-bond acceptors (Lipinski definition) is 3. The smallest absolute Gasteiger partial charge is 0.255 e. The molecule has 0 unspecified atom stereocenters.